The first-order valence-electron chi connectivity index (χ1n) is 9.18. The maximum absolute atomic E-state index is 12.4. The van der Waals surface area contributed by atoms with Crippen molar-refractivity contribution in [1.29, 1.82) is 5.26 Å². The molecule has 0 unspecified atom stereocenters. The molecular weight excluding hydrogens is 399 g/mol. The van der Waals surface area contributed by atoms with Crippen molar-refractivity contribution in [3.05, 3.63) is 47.8 Å². The van der Waals surface area contributed by atoms with E-state index in [1.807, 2.05) is 12.1 Å². The SMILES string of the molecule is N#Cc1cc(-c2nc(C3=CCCCC(=O)NCC=C3)no2)ccc1NCC(F)(F)F. The normalized spacial score (nSPS) is 15.1. The van der Waals surface area contributed by atoms with Crippen molar-refractivity contribution in [2.75, 3.05) is 18.4 Å². The number of carbonyl (C=O) groups excluding carboxylic acids is 1. The number of nitrogens with zero attached hydrogens (tertiary/aromatic N) is 3. The Morgan fingerprint density at radius 2 is 2.17 bits per heavy atom. The number of allylic oxidation sites excluding steroid dienone is 3. The molecule has 1 aromatic carbocycles. The van der Waals surface area contributed by atoms with E-state index in [4.69, 9.17) is 4.52 Å². The molecule has 0 atom stereocenters. The minimum Gasteiger partial charge on any atom is -0.375 e. The van der Waals surface area contributed by atoms with Crippen molar-refractivity contribution in [2.24, 2.45) is 0 Å². The van der Waals surface area contributed by atoms with Crippen LogP contribution in [0.5, 0.6) is 0 Å². The molecular formula is C20H18F3N5O2. The van der Waals surface area contributed by atoms with Crippen LogP contribution in [0, 0.1) is 11.3 Å². The van der Waals surface area contributed by atoms with E-state index in [0.717, 1.165) is 5.57 Å². The van der Waals surface area contributed by atoms with Gasteiger partial charge in [0.1, 0.15) is 12.6 Å². The van der Waals surface area contributed by atoms with Gasteiger partial charge in [-0.25, -0.2) is 0 Å². The summed E-state index contributed by atoms with van der Waals surface area (Å²) in [6.07, 6.45) is 2.85. The van der Waals surface area contributed by atoms with Crippen LogP contribution in [-0.4, -0.2) is 35.3 Å². The summed E-state index contributed by atoms with van der Waals surface area (Å²) in [5, 5.41) is 18.2. The Balaban J connectivity index is 1.80. The van der Waals surface area contributed by atoms with E-state index in [1.54, 1.807) is 12.2 Å². The largest absolute Gasteiger partial charge is 0.405 e. The molecule has 0 aliphatic carbocycles. The molecule has 1 aliphatic rings. The number of hydrogen-bond acceptors (Lipinski definition) is 6. The molecule has 1 amide bonds. The van der Waals surface area contributed by atoms with Gasteiger partial charge in [-0.1, -0.05) is 23.4 Å². The number of aromatic nitrogens is 2. The molecule has 0 saturated heterocycles. The van der Waals surface area contributed by atoms with E-state index in [0.29, 0.717) is 37.2 Å². The van der Waals surface area contributed by atoms with Crippen molar-refractivity contribution in [2.45, 2.75) is 25.4 Å². The summed E-state index contributed by atoms with van der Waals surface area (Å²) < 4.78 is 42.5. The molecule has 0 fully saturated rings. The van der Waals surface area contributed by atoms with Crippen molar-refractivity contribution < 1.29 is 22.5 Å². The minimum atomic E-state index is -4.40. The van der Waals surface area contributed by atoms with Crippen LogP contribution in [-0.2, 0) is 4.79 Å². The molecule has 2 aromatic rings. The van der Waals surface area contributed by atoms with Crippen molar-refractivity contribution >= 4 is 17.2 Å². The molecule has 0 saturated carbocycles. The zero-order valence-corrected chi connectivity index (χ0v) is 15.8. The number of alkyl halides is 3. The number of anilines is 1. The molecule has 10 heteroatoms. The van der Waals surface area contributed by atoms with Crippen LogP contribution in [0.4, 0.5) is 18.9 Å². The zero-order valence-electron chi connectivity index (χ0n) is 15.8. The summed E-state index contributed by atoms with van der Waals surface area (Å²) in [7, 11) is 0. The average molecular weight is 417 g/mol. The van der Waals surface area contributed by atoms with Crippen molar-refractivity contribution in [1.82, 2.24) is 15.5 Å². The Hall–Kier alpha value is -3.61. The van der Waals surface area contributed by atoms with Crippen LogP contribution in [0.1, 0.15) is 30.7 Å². The third kappa shape index (κ3) is 5.70. The molecule has 156 valence electrons. The predicted octanol–water partition coefficient (Wildman–Crippen LogP) is 3.82. The Morgan fingerprint density at radius 1 is 1.33 bits per heavy atom. The Kier molecular flexibility index (Phi) is 6.51. The summed E-state index contributed by atoms with van der Waals surface area (Å²) in [4.78, 5) is 15.8. The molecule has 0 radical (unpaired) electrons. The molecule has 2 heterocycles. The summed E-state index contributed by atoms with van der Waals surface area (Å²) in [6, 6.07) is 6.13. The van der Waals surface area contributed by atoms with Gasteiger partial charge in [-0.15, -0.1) is 0 Å². The highest BCUT2D eigenvalue weighted by Gasteiger charge is 2.27. The molecule has 2 N–H and O–H groups in total. The summed E-state index contributed by atoms with van der Waals surface area (Å²) in [5.41, 5.74) is 1.24. The average Bonchev–Trinajstić information content (AvgIpc) is 3.20. The standard InChI is InChI=1S/C20H18F3N5O2/c21-20(22,23)12-26-16-8-7-14(10-15(16)11-24)19-27-18(28-30-19)13-4-1-2-6-17(29)25-9-3-5-13/h3-5,7-8,10,26H,1-2,6,9,12H2,(H,25,29). The minimum absolute atomic E-state index is 0.000172. The van der Waals surface area contributed by atoms with Crippen molar-refractivity contribution in [3.8, 4) is 17.5 Å². The summed E-state index contributed by atoms with van der Waals surface area (Å²) >= 11 is 0. The fourth-order valence-electron chi connectivity index (χ4n) is 2.78. The maximum atomic E-state index is 12.4. The molecule has 0 spiro atoms. The van der Waals surface area contributed by atoms with Gasteiger partial charge in [-0.2, -0.15) is 23.4 Å². The second kappa shape index (κ2) is 9.26. The van der Waals surface area contributed by atoms with Crippen LogP contribution in [0.15, 0.2) is 41.0 Å². The number of nitrogens with one attached hydrogen (secondary N) is 2. The number of rotatable bonds is 4. The lowest BCUT2D eigenvalue weighted by Gasteiger charge is -2.11. The van der Waals surface area contributed by atoms with Gasteiger partial charge in [-0.3, -0.25) is 4.79 Å². The number of nitriles is 1. The third-order valence-electron chi connectivity index (χ3n) is 4.24. The van der Waals surface area contributed by atoms with E-state index in [2.05, 4.69) is 20.8 Å². The number of benzene rings is 1. The fourth-order valence-corrected chi connectivity index (χ4v) is 2.78. The highest BCUT2D eigenvalue weighted by molar-refractivity contribution is 5.77. The molecule has 1 aliphatic heterocycles. The van der Waals surface area contributed by atoms with Crippen LogP contribution in [0.25, 0.3) is 17.0 Å². The third-order valence-corrected chi connectivity index (χ3v) is 4.24. The highest BCUT2D eigenvalue weighted by Crippen LogP contribution is 2.26. The van der Waals surface area contributed by atoms with Crippen LogP contribution < -0.4 is 10.6 Å². The monoisotopic (exact) mass is 417 g/mol. The van der Waals surface area contributed by atoms with Crippen LogP contribution >= 0.6 is 0 Å². The van der Waals surface area contributed by atoms with E-state index < -0.39 is 12.7 Å². The number of halogens is 3. The van der Waals surface area contributed by atoms with Gasteiger partial charge in [-0.05, 0) is 31.0 Å². The quantitative estimate of drug-likeness (QED) is 0.784. The topological polar surface area (TPSA) is 104 Å². The fraction of sp³-hybridized carbons (Fsp3) is 0.300. The maximum Gasteiger partial charge on any atom is 0.405 e. The van der Waals surface area contributed by atoms with Gasteiger partial charge >= 0.3 is 6.18 Å². The Bertz CT molecular complexity index is 1020. The molecule has 1 aromatic heterocycles. The summed E-state index contributed by atoms with van der Waals surface area (Å²) in [6.45, 7) is -0.856. The predicted molar refractivity (Wildman–Crippen MR) is 103 cm³/mol. The zero-order chi connectivity index (χ0) is 21.6. The lowest BCUT2D eigenvalue weighted by atomic mass is 10.1. The van der Waals surface area contributed by atoms with Crippen LogP contribution in [0.3, 0.4) is 0 Å². The number of amides is 1. The lowest BCUT2D eigenvalue weighted by Crippen LogP contribution is -2.22. The Morgan fingerprint density at radius 3 is 2.93 bits per heavy atom. The first-order valence-corrected chi connectivity index (χ1v) is 9.18. The molecule has 30 heavy (non-hydrogen) atoms. The van der Waals surface area contributed by atoms with Gasteiger partial charge in [0.25, 0.3) is 5.89 Å². The number of carbonyl (C=O) groups is 1. The lowest BCUT2D eigenvalue weighted by molar-refractivity contribution is -0.121. The second-order valence-electron chi connectivity index (χ2n) is 6.52. The first-order chi connectivity index (χ1) is 14.4. The Labute approximate surface area is 170 Å². The molecule has 7 nitrogen and oxygen atoms in total. The van der Waals surface area contributed by atoms with Gasteiger partial charge < -0.3 is 15.2 Å². The second-order valence-corrected chi connectivity index (χ2v) is 6.52. The smallest absolute Gasteiger partial charge is 0.375 e. The molecule has 0 bridgehead atoms. The van der Waals surface area contributed by atoms with Crippen molar-refractivity contribution in [3.63, 3.8) is 0 Å². The first kappa shape index (κ1) is 21.1. The van der Waals surface area contributed by atoms with Crippen LogP contribution in [0.2, 0.25) is 0 Å². The van der Waals surface area contributed by atoms with E-state index in [1.165, 1.54) is 18.2 Å². The van der Waals surface area contributed by atoms with E-state index >= 15 is 0 Å². The van der Waals surface area contributed by atoms with Gasteiger partial charge in [0.2, 0.25) is 11.7 Å². The van der Waals surface area contributed by atoms with Gasteiger partial charge in [0.15, 0.2) is 0 Å². The van der Waals surface area contributed by atoms with E-state index in [9.17, 15) is 23.2 Å². The van der Waals surface area contributed by atoms with Gasteiger partial charge in [0, 0.05) is 24.1 Å². The van der Waals surface area contributed by atoms with Gasteiger partial charge in [0.05, 0.1) is 11.3 Å². The van der Waals surface area contributed by atoms with E-state index in [-0.39, 0.29) is 23.0 Å². The molecule has 3 rings (SSSR count). The summed E-state index contributed by atoms with van der Waals surface area (Å²) in [5.74, 6) is 0.481. The number of hydrogen-bond donors (Lipinski definition) is 2. The highest BCUT2D eigenvalue weighted by atomic mass is 19.4.